The third kappa shape index (κ3) is 5.43. The molecule has 1 aliphatic rings. The fourth-order valence-corrected chi connectivity index (χ4v) is 4.07. The van der Waals surface area contributed by atoms with Crippen LogP contribution in [0.25, 0.3) is 0 Å². The summed E-state index contributed by atoms with van der Waals surface area (Å²) in [7, 11) is 0. The minimum absolute atomic E-state index is 0.0329. The standard InChI is InChI=1S/C23H14ClF6N5O3/c24-11-3-10(7-31)4-13(5-11)38-19-20(23(28,29)30)32-9-35(22(19)37)8-12-6-15(21(36)34-33-12)14-1-2-16(25)18(27)17(14)26/h1-5,9,12,15,33H,6,8H2,(H,34,36). The summed E-state index contributed by atoms with van der Waals surface area (Å²) in [5, 5.41) is 9.03. The summed E-state index contributed by atoms with van der Waals surface area (Å²) in [6, 6.07) is 5.82. The van der Waals surface area contributed by atoms with Gasteiger partial charge in [0.25, 0.3) is 5.56 Å². The lowest BCUT2D eigenvalue weighted by Gasteiger charge is -2.31. The van der Waals surface area contributed by atoms with Crippen molar-refractivity contribution in [3.63, 3.8) is 0 Å². The quantitative estimate of drug-likeness (QED) is 0.360. The molecule has 0 aliphatic carbocycles. The highest BCUT2D eigenvalue weighted by molar-refractivity contribution is 6.30. The first-order chi connectivity index (χ1) is 17.9. The van der Waals surface area contributed by atoms with Gasteiger partial charge in [-0.2, -0.15) is 18.4 Å². The second kappa shape index (κ2) is 10.3. The number of carbonyl (C=O) groups is 1. The molecule has 2 N–H and O–H groups in total. The van der Waals surface area contributed by atoms with Crippen LogP contribution in [0.4, 0.5) is 26.3 Å². The molecule has 15 heteroatoms. The van der Waals surface area contributed by atoms with E-state index in [0.29, 0.717) is 12.4 Å². The van der Waals surface area contributed by atoms with Gasteiger partial charge in [-0.15, -0.1) is 0 Å². The zero-order chi connectivity index (χ0) is 27.8. The van der Waals surface area contributed by atoms with E-state index in [4.69, 9.17) is 21.6 Å². The van der Waals surface area contributed by atoms with Crippen LogP contribution in [0.15, 0.2) is 41.5 Å². The number of nitriles is 1. The van der Waals surface area contributed by atoms with Crippen LogP contribution in [0, 0.1) is 28.8 Å². The van der Waals surface area contributed by atoms with Crippen molar-refractivity contribution in [3.05, 3.63) is 86.3 Å². The summed E-state index contributed by atoms with van der Waals surface area (Å²) in [6.45, 7) is -0.388. The average molecular weight is 558 g/mol. The zero-order valence-electron chi connectivity index (χ0n) is 18.7. The molecule has 8 nitrogen and oxygen atoms in total. The first kappa shape index (κ1) is 27.0. The smallest absolute Gasteiger partial charge is 0.437 e. The molecule has 1 saturated heterocycles. The molecule has 0 bridgehead atoms. The summed E-state index contributed by atoms with van der Waals surface area (Å²) in [4.78, 5) is 28.6. The SMILES string of the molecule is N#Cc1cc(Cl)cc(Oc2c(C(F)(F)F)ncn(CC3CC(c4ccc(F)c(F)c4F)C(=O)NN3)c2=O)c1. The van der Waals surface area contributed by atoms with Crippen LogP contribution in [-0.2, 0) is 17.5 Å². The first-order valence-corrected chi connectivity index (χ1v) is 11.0. The third-order valence-electron chi connectivity index (χ3n) is 5.58. The van der Waals surface area contributed by atoms with Crippen molar-refractivity contribution >= 4 is 17.5 Å². The van der Waals surface area contributed by atoms with Gasteiger partial charge >= 0.3 is 6.18 Å². The second-order valence-corrected chi connectivity index (χ2v) is 8.59. The topological polar surface area (TPSA) is 109 Å². The maximum Gasteiger partial charge on any atom is 0.437 e. The van der Waals surface area contributed by atoms with Crippen LogP contribution in [-0.4, -0.2) is 21.5 Å². The number of hydrogen-bond donors (Lipinski definition) is 2. The number of nitrogens with zero attached hydrogens (tertiary/aromatic N) is 3. The maximum atomic E-state index is 14.3. The van der Waals surface area contributed by atoms with E-state index < -0.39 is 64.1 Å². The molecule has 1 amide bonds. The minimum Gasteiger partial charge on any atom is -0.449 e. The number of amides is 1. The fourth-order valence-electron chi connectivity index (χ4n) is 3.84. The Balaban J connectivity index is 1.67. The van der Waals surface area contributed by atoms with Gasteiger partial charge < -0.3 is 4.74 Å². The molecule has 3 aromatic rings. The van der Waals surface area contributed by atoms with Gasteiger partial charge in [0.2, 0.25) is 11.7 Å². The van der Waals surface area contributed by atoms with Crippen molar-refractivity contribution in [1.82, 2.24) is 20.4 Å². The normalized spacial score (nSPS) is 17.6. The number of hydrogen-bond acceptors (Lipinski definition) is 6. The maximum absolute atomic E-state index is 14.3. The van der Waals surface area contributed by atoms with Crippen molar-refractivity contribution in [2.24, 2.45) is 0 Å². The summed E-state index contributed by atoms with van der Waals surface area (Å²) < 4.78 is 88.1. The Morgan fingerprint density at radius 3 is 2.58 bits per heavy atom. The Morgan fingerprint density at radius 2 is 1.89 bits per heavy atom. The second-order valence-electron chi connectivity index (χ2n) is 8.15. The molecule has 2 atom stereocenters. The van der Waals surface area contributed by atoms with Crippen LogP contribution in [0.5, 0.6) is 11.5 Å². The van der Waals surface area contributed by atoms with Crippen molar-refractivity contribution in [2.75, 3.05) is 0 Å². The zero-order valence-corrected chi connectivity index (χ0v) is 19.5. The van der Waals surface area contributed by atoms with E-state index in [0.717, 1.165) is 22.8 Å². The molecule has 0 radical (unpaired) electrons. The van der Waals surface area contributed by atoms with Crippen molar-refractivity contribution in [1.29, 1.82) is 5.26 Å². The summed E-state index contributed by atoms with van der Waals surface area (Å²) >= 11 is 5.86. The largest absolute Gasteiger partial charge is 0.449 e. The minimum atomic E-state index is -5.09. The molecule has 1 fully saturated rings. The molecule has 2 unspecified atom stereocenters. The van der Waals surface area contributed by atoms with Gasteiger partial charge in [0.1, 0.15) is 5.75 Å². The molecule has 38 heavy (non-hydrogen) atoms. The van der Waals surface area contributed by atoms with Crippen LogP contribution < -0.4 is 21.1 Å². The molecule has 198 valence electrons. The number of halogens is 7. The monoisotopic (exact) mass is 557 g/mol. The van der Waals surface area contributed by atoms with Gasteiger partial charge in [-0.25, -0.2) is 23.6 Å². The van der Waals surface area contributed by atoms with Crippen molar-refractivity contribution in [2.45, 2.75) is 31.1 Å². The van der Waals surface area contributed by atoms with E-state index >= 15 is 0 Å². The molecule has 4 rings (SSSR count). The van der Waals surface area contributed by atoms with E-state index in [-0.39, 0.29) is 29.3 Å². The number of benzene rings is 2. The van der Waals surface area contributed by atoms with E-state index in [9.17, 15) is 35.9 Å². The number of carbonyl (C=O) groups excluding carboxylic acids is 1. The molecular weight excluding hydrogens is 544 g/mol. The van der Waals surface area contributed by atoms with Gasteiger partial charge in [-0.05, 0) is 30.7 Å². The number of alkyl halides is 3. The lowest BCUT2D eigenvalue weighted by atomic mass is 9.89. The Bertz CT molecular complexity index is 1520. The van der Waals surface area contributed by atoms with Crippen LogP contribution in [0.1, 0.15) is 29.2 Å². The highest BCUT2D eigenvalue weighted by Gasteiger charge is 2.39. The average Bonchev–Trinajstić information content (AvgIpc) is 2.85. The first-order valence-electron chi connectivity index (χ1n) is 10.6. The lowest BCUT2D eigenvalue weighted by Crippen LogP contribution is -2.54. The Kier molecular flexibility index (Phi) is 7.34. The fraction of sp³-hybridized carbons (Fsp3) is 0.217. The summed E-state index contributed by atoms with van der Waals surface area (Å²) in [6.07, 6.45) is -4.71. The number of aromatic nitrogens is 2. The van der Waals surface area contributed by atoms with E-state index in [2.05, 4.69) is 15.8 Å². The number of rotatable bonds is 5. The molecule has 2 heterocycles. The van der Waals surface area contributed by atoms with Crippen molar-refractivity contribution < 1.29 is 35.9 Å². The van der Waals surface area contributed by atoms with Crippen LogP contribution >= 0.6 is 11.6 Å². The lowest BCUT2D eigenvalue weighted by molar-refractivity contribution is -0.142. The molecular formula is C23H14ClF6N5O3. The highest BCUT2D eigenvalue weighted by Crippen LogP contribution is 2.35. The molecule has 0 saturated carbocycles. The highest BCUT2D eigenvalue weighted by atomic mass is 35.5. The van der Waals surface area contributed by atoms with E-state index in [1.807, 2.05) is 0 Å². The summed E-state index contributed by atoms with van der Waals surface area (Å²) in [5.41, 5.74) is 1.38. The van der Waals surface area contributed by atoms with Gasteiger partial charge in [0.15, 0.2) is 23.1 Å². The summed E-state index contributed by atoms with van der Waals surface area (Å²) in [5.74, 6) is -8.39. The van der Waals surface area contributed by atoms with Crippen LogP contribution in [0.2, 0.25) is 5.02 Å². The molecule has 1 aliphatic heterocycles. The van der Waals surface area contributed by atoms with Crippen LogP contribution in [0.3, 0.4) is 0 Å². The number of ether oxygens (including phenoxy) is 1. The predicted molar refractivity (Wildman–Crippen MR) is 118 cm³/mol. The van der Waals surface area contributed by atoms with E-state index in [1.54, 1.807) is 6.07 Å². The third-order valence-corrected chi connectivity index (χ3v) is 5.80. The Labute approximate surface area is 214 Å². The van der Waals surface area contributed by atoms with Gasteiger partial charge in [0, 0.05) is 23.2 Å². The van der Waals surface area contributed by atoms with Gasteiger partial charge in [-0.1, -0.05) is 17.7 Å². The molecule has 2 aromatic carbocycles. The molecule has 1 aromatic heterocycles. The van der Waals surface area contributed by atoms with Crippen molar-refractivity contribution in [3.8, 4) is 17.6 Å². The van der Waals surface area contributed by atoms with Gasteiger partial charge in [0.05, 0.1) is 23.9 Å². The predicted octanol–water partition coefficient (Wildman–Crippen LogP) is 4.17. The molecule has 0 spiro atoms. The number of hydrazine groups is 1. The van der Waals surface area contributed by atoms with E-state index in [1.165, 1.54) is 6.07 Å². The van der Waals surface area contributed by atoms with Gasteiger partial charge in [-0.3, -0.25) is 19.6 Å². The number of nitrogens with one attached hydrogen (secondary N) is 2. The Hall–Kier alpha value is -4.09. The Morgan fingerprint density at radius 1 is 1.16 bits per heavy atom.